The van der Waals surface area contributed by atoms with E-state index in [0.717, 1.165) is 52.8 Å². The quantitative estimate of drug-likeness (QED) is 0.0971. The zero-order valence-electron chi connectivity index (χ0n) is 35.5. The van der Waals surface area contributed by atoms with Gasteiger partial charge in [0.05, 0.1) is 31.0 Å². The monoisotopic (exact) mass is 872 g/mol. The number of aliphatic imine (C=N–C) groups is 1. The van der Waals surface area contributed by atoms with Crippen LogP contribution in [-0.2, 0) is 23.4 Å². The van der Waals surface area contributed by atoms with E-state index in [4.69, 9.17) is 16.2 Å². The van der Waals surface area contributed by atoms with Crippen LogP contribution >= 0.6 is 21.6 Å². The van der Waals surface area contributed by atoms with E-state index in [2.05, 4.69) is 35.9 Å². The Morgan fingerprint density at radius 1 is 0.952 bits per heavy atom. The summed E-state index contributed by atoms with van der Waals surface area (Å²) in [5.74, 6) is 7.79. The van der Waals surface area contributed by atoms with Crippen molar-refractivity contribution in [3.05, 3.63) is 123 Å². The van der Waals surface area contributed by atoms with Crippen molar-refractivity contribution in [3.63, 3.8) is 0 Å². The fourth-order valence-electron chi connectivity index (χ4n) is 10.1. The molecule has 8 bridgehead atoms. The Bertz CT molecular complexity index is 2370. The number of allylic oxidation sites excluding steroid dienone is 5. The molecule has 0 radical (unpaired) electrons. The van der Waals surface area contributed by atoms with E-state index in [-0.39, 0.29) is 47.4 Å². The van der Waals surface area contributed by atoms with Gasteiger partial charge in [0.15, 0.2) is 17.3 Å². The molecule has 0 saturated heterocycles. The molecular weight excluding hydrogens is 815 g/mol. The first kappa shape index (κ1) is 44.2. The van der Waals surface area contributed by atoms with Crippen LogP contribution in [0.3, 0.4) is 0 Å². The minimum Gasteiger partial charge on any atom is -0.875 e. The Labute approximate surface area is 373 Å². The molecule has 0 unspecified atom stereocenters. The maximum absolute atomic E-state index is 14.1. The summed E-state index contributed by atoms with van der Waals surface area (Å²) < 4.78 is 6.14. The number of phenolic OH excluding ortho intramolecular Hbond substituents is 2. The molecule has 2 heterocycles. The number of rotatable bonds is 4. The molecule has 0 spiro atoms. The summed E-state index contributed by atoms with van der Waals surface area (Å²) in [4.78, 5) is 17.9. The molecule has 8 rings (SSSR count). The highest BCUT2D eigenvalue weighted by Crippen LogP contribution is 2.52. The van der Waals surface area contributed by atoms with Gasteiger partial charge < -0.3 is 36.6 Å². The van der Waals surface area contributed by atoms with E-state index in [9.17, 15) is 25.2 Å². The maximum atomic E-state index is 14.1. The minimum absolute atomic E-state index is 0.0128. The van der Waals surface area contributed by atoms with Gasteiger partial charge in [-0.3, -0.25) is 9.79 Å². The van der Waals surface area contributed by atoms with Gasteiger partial charge in [-0.2, -0.15) is 0 Å². The summed E-state index contributed by atoms with van der Waals surface area (Å²) in [6, 6.07) is 14.7. The van der Waals surface area contributed by atoms with Crippen molar-refractivity contribution in [2.24, 2.45) is 33.2 Å². The lowest BCUT2D eigenvalue weighted by molar-refractivity contribution is -0.307. The lowest BCUT2D eigenvalue weighted by atomic mass is 9.73. The van der Waals surface area contributed by atoms with Crippen LogP contribution in [0.5, 0.6) is 17.2 Å². The first-order chi connectivity index (χ1) is 29.9. The second-order valence-corrected chi connectivity index (χ2v) is 20.9. The van der Waals surface area contributed by atoms with Crippen molar-refractivity contribution in [3.8, 4) is 29.1 Å². The number of aryl methyl sites for hydroxylation is 1. The molecule has 62 heavy (non-hydrogen) atoms. The number of carbonyl (C=O) groups is 1. The van der Waals surface area contributed by atoms with Gasteiger partial charge in [-0.1, -0.05) is 83.5 Å². The summed E-state index contributed by atoms with van der Waals surface area (Å²) in [6.07, 6.45) is 16.1. The smallest absolute Gasteiger partial charge is 0.161 e. The molecular formula is C51H58N3O6S2-. The largest absolute Gasteiger partial charge is 0.875 e. The van der Waals surface area contributed by atoms with Crippen LogP contribution in [0.2, 0.25) is 0 Å². The van der Waals surface area contributed by atoms with Crippen molar-refractivity contribution in [2.75, 3.05) is 12.4 Å². The highest BCUT2D eigenvalue weighted by Gasteiger charge is 2.44. The number of nitrogens with zero attached hydrogens (tertiary/aromatic N) is 1. The van der Waals surface area contributed by atoms with Crippen LogP contribution in [0.25, 0.3) is 0 Å². The van der Waals surface area contributed by atoms with E-state index in [1.165, 1.54) is 25.7 Å². The fourth-order valence-corrected chi connectivity index (χ4v) is 12.7. The Balaban J connectivity index is 1.16. The molecule has 11 heteroatoms. The molecule has 3 aliphatic carbocycles. The highest BCUT2D eigenvalue weighted by atomic mass is 33.1. The number of aliphatic hydroxyl groups excluding tert-OH is 1. The summed E-state index contributed by atoms with van der Waals surface area (Å²) in [5, 5.41) is 48.0. The minimum atomic E-state index is -0.775. The first-order valence-electron chi connectivity index (χ1n) is 22.1. The average molecular weight is 873 g/mol. The second-order valence-electron chi connectivity index (χ2n) is 18.4. The van der Waals surface area contributed by atoms with Crippen LogP contribution < -0.4 is 21.3 Å². The van der Waals surface area contributed by atoms with Gasteiger partial charge in [0.1, 0.15) is 5.75 Å². The molecule has 0 aromatic heterocycles. The Morgan fingerprint density at radius 3 is 2.55 bits per heavy atom. The fraction of sp³-hybridized carbons (Fsp3) is 0.451. The van der Waals surface area contributed by atoms with E-state index >= 15 is 0 Å². The van der Waals surface area contributed by atoms with E-state index < -0.39 is 18.2 Å². The van der Waals surface area contributed by atoms with E-state index in [0.29, 0.717) is 71.4 Å². The topological polar surface area (TPSA) is 174 Å². The van der Waals surface area contributed by atoms with Crippen LogP contribution in [0.4, 0.5) is 0 Å². The summed E-state index contributed by atoms with van der Waals surface area (Å²) >= 11 is 0. The number of fused-ring (bicyclic) bond motifs is 9. The molecule has 9 nitrogen and oxygen atoms in total. The summed E-state index contributed by atoms with van der Waals surface area (Å²) in [7, 11) is 3.41. The van der Waals surface area contributed by atoms with Gasteiger partial charge in [-0.25, -0.2) is 0 Å². The normalized spacial score (nSPS) is 25.8. The average Bonchev–Trinajstić information content (AvgIpc) is 3.99. The van der Waals surface area contributed by atoms with Gasteiger partial charge in [-0.15, -0.1) is 5.76 Å². The number of phenols is 2. The lowest BCUT2D eigenvalue weighted by Gasteiger charge is -2.32. The second kappa shape index (κ2) is 19.1. The third-order valence-electron chi connectivity index (χ3n) is 13.9. The SMILES string of the molecule is CC1(CC[C@@]23/C=C\C(=O)CCc4ccc(O)c(c4)OCCc4ccc(O)c(c4)[C@@H]4CC([O-])=C5C=CN=C5CC#Cc5cc(C(N)N)c(cc54)CSSC[C@H](C2)[C@H](O)C3)CCCC1. The number of aromatic hydroxyl groups is 2. The van der Waals surface area contributed by atoms with E-state index in [1.54, 1.807) is 58.1 Å². The molecule has 2 aliphatic heterocycles. The number of hydrogen-bond acceptors (Lipinski definition) is 11. The van der Waals surface area contributed by atoms with Crippen molar-refractivity contribution < 1.29 is 30.0 Å². The van der Waals surface area contributed by atoms with Gasteiger partial charge in [0, 0.05) is 47.6 Å². The maximum Gasteiger partial charge on any atom is 0.161 e. The molecule has 5 aliphatic rings. The van der Waals surface area contributed by atoms with Crippen LogP contribution in [0, 0.1) is 28.6 Å². The summed E-state index contributed by atoms with van der Waals surface area (Å²) in [6.45, 7) is 2.64. The molecule has 0 amide bonds. The molecule has 4 atom stereocenters. The standard InChI is InChI=1S/C51H59N3O6S2/c1-50(16-2-3-17-50)19-20-51-18-13-37(55)10-7-32-9-12-45(57)48(24-32)60-22-15-33-8-11-44(56)42(23-33)41-27-46(58)38-14-21-54-43(38)6-4-5-34-25-40(49(52)53)35(26-39(34)41)30-61-62-31-36(28-51)47(59)29-51/h8-9,11-14,18,21,23-26,36,41,47,49,56-59H,2-3,6-7,10,15-17,19-20,22,27-31,52-53H2,1H3/p-1/b18-13-,46-38?/t36-,41+,47+,51-/m0/s1. The van der Waals surface area contributed by atoms with Crippen LogP contribution in [0.1, 0.15) is 129 Å². The Hall–Kier alpha value is -4.44. The molecule has 2 saturated carbocycles. The van der Waals surface area contributed by atoms with Crippen LogP contribution in [-0.4, -0.2) is 45.3 Å². The van der Waals surface area contributed by atoms with Crippen LogP contribution in [0.15, 0.2) is 89.3 Å². The number of hydrogen-bond donors (Lipinski definition) is 5. The number of ether oxygens (including phenoxy) is 1. The lowest BCUT2D eigenvalue weighted by Crippen LogP contribution is -2.23. The van der Waals surface area contributed by atoms with Crippen molar-refractivity contribution in [2.45, 2.75) is 114 Å². The third kappa shape index (κ3) is 10.2. The van der Waals surface area contributed by atoms with Gasteiger partial charge in [0.2, 0.25) is 0 Å². The number of aliphatic hydroxyl groups is 1. The molecule has 326 valence electrons. The van der Waals surface area contributed by atoms with Crippen molar-refractivity contribution >= 4 is 33.1 Å². The van der Waals surface area contributed by atoms with Crippen molar-refractivity contribution in [1.29, 1.82) is 0 Å². The van der Waals surface area contributed by atoms with Gasteiger partial charge in [-0.05, 0) is 138 Å². The summed E-state index contributed by atoms with van der Waals surface area (Å²) in [5.41, 5.74) is 19.6. The number of benzene rings is 3. The van der Waals surface area contributed by atoms with E-state index in [1.807, 2.05) is 24.3 Å². The first-order valence-corrected chi connectivity index (χ1v) is 24.6. The number of nitrogens with two attached hydrogens (primary N) is 2. The third-order valence-corrected chi connectivity index (χ3v) is 16.3. The zero-order chi connectivity index (χ0) is 43.4. The predicted octanol–water partition coefficient (Wildman–Crippen LogP) is 8.57. The molecule has 3 aromatic carbocycles. The predicted molar refractivity (Wildman–Crippen MR) is 248 cm³/mol. The van der Waals surface area contributed by atoms with Gasteiger partial charge >= 0.3 is 0 Å². The van der Waals surface area contributed by atoms with Gasteiger partial charge in [0.25, 0.3) is 0 Å². The Kier molecular flexibility index (Phi) is 13.6. The Morgan fingerprint density at radius 2 is 1.74 bits per heavy atom. The molecule has 7 N–H and O–H groups in total. The zero-order valence-corrected chi connectivity index (χ0v) is 37.2. The molecule has 3 aromatic rings. The highest BCUT2D eigenvalue weighted by molar-refractivity contribution is 8.76. The number of carbonyl (C=O) groups excluding carboxylic acids is 1. The molecule has 2 fully saturated rings. The number of ketones is 1. The van der Waals surface area contributed by atoms with Crippen molar-refractivity contribution in [1.82, 2.24) is 0 Å².